The largest absolute Gasteiger partial charge is 0.310 e. The van der Waals surface area contributed by atoms with Crippen LogP contribution in [-0.2, 0) is 6.42 Å². The quantitative estimate of drug-likeness (QED) is 0.843. The fourth-order valence-electron chi connectivity index (χ4n) is 2.08. The molecule has 1 N–H and O–H groups in total. The molecule has 0 saturated heterocycles. The second-order valence-corrected chi connectivity index (χ2v) is 5.92. The van der Waals surface area contributed by atoms with Gasteiger partial charge in [-0.25, -0.2) is 0 Å². The highest BCUT2D eigenvalue weighted by molar-refractivity contribution is 7.10. The van der Waals surface area contributed by atoms with Crippen molar-refractivity contribution in [2.75, 3.05) is 6.54 Å². The van der Waals surface area contributed by atoms with Crippen LogP contribution in [0.15, 0.2) is 35.7 Å². The fraction of sp³-hybridized carbons (Fsp3) is 0.333. The molecule has 0 aliphatic heterocycles. The van der Waals surface area contributed by atoms with Gasteiger partial charge < -0.3 is 5.32 Å². The fourth-order valence-corrected chi connectivity index (χ4v) is 3.06. The van der Waals surface area contributed by atoms with Crippen molar-refractivity contribution in [2.24, 2.45) is 0 Å². The molecular weight excluding hydrogens is 262 g/mol. The van der Waals surface area contributed by atoms with E-state index in [4.69, 9.17) is 11.6 Å². The summed E-state index contributed by atoms with van der Waals surface area (Å²) in [6, 6.07) is 10.7. The van der Waals surface area contributed by atoms with Gasteiger partial charge in [0.05, 0.1) is 0 Å². The summed E-state index contributed by atoms with van der Waals surface area (Å²) < 4.78 is 0. The van der Waals surface area contributed by atoms with Gasteiger partial charge in [0.1, 0.15) is 0 Å². The van der Waals surface area contributed by atoms with Gasteiger partial charge in [0.15, 0.2) is 0 Å². The summed E-state index contributed by atoms with van der Waals surface area (Å²) in [6.07, 6.45) is 0.934. The minimum Gasteiger partial charge on any atom is -0.310 e. The molecule has 0 aliphatic rings. The molecule has 1 aromatic heterocycles. The lowest BCUT2D eigenvalue weighted by molar-refractivity contribution is 0.551. The number of hydrogen-bond donors (Lipinski definition) is 1. The van der Waals surface area contributed by atoms with E-state index in [9.17, 15) is 0 Å². The second-order valence-electron chi connectivity index (χ2n) is 4.40. The van der Waals surface area contributed by atoms with Crippen molar-refractivity contribution < 1.29 is 0 Å². The van der Waals surface area contributed by atoms with Crippen molar-refractivity contribution in [1.82, 2.24) is 5.32 Å². The molecule has 1 unspecified atom stereocenters. The van der Waals surface area contributed by atoms with Crippen LogP contribution in [0.25, 0.3) is 0 Å². The maximum Gasteiger partial charge on any atom is 0.0438 e. The summed E-state index contributed by atoms with van der Waals surface area (Å²) in [6.45, 7) is 5.25. The van der Waals surface area contributed by atoms with E-state index in [1.165, 1.54) is 16.0 Å². The molecule has 1 aromatic carbocycles. The number of aryl methyl sites for hydroxylation is 1. The molecule has 0 bridgehead atoms. The van der Waals surface area contributed by atoms with Crippen molar-refractivity contribution in [3.05, 3.63) is 56.7 Å². The monoisotopic (exact) mass is 279 g/mol. The van der Waals surface area contributed by atoms with E-state index in [0.717, 1.165) is 18.0 Å². The molecule has 18 heavy (non-hydrogen) atoms. The summed E-state index contributed by atoms with van der Waals surface area (Å²) >= 11 is 8.04. The third-order valence-electron chi connectivity index (χ3n) is 2.99. The summed E-state index contributed by atoms with van der Waals surface area (Å²) in [4.78, 5) is 1.35. The van der Waals surface area contributed by atoms with Gasteiger partial charge in [0.25, 0.3) is 0 Å². The first kappa shape index (κ1) is 13.6. The zero-order chi connectivity index (χ0) is 13.0. The SMILES string of the molecule is CCNC(Cc1ccccc1Cl)c1csc(C)c1. The number of rotatable bonds is 5. The molecule has 0 fully saturated rings. The highest BCUT2D eigenvalue weighted by atomic mass is 35.5. The molecule has 1 heterocycles. The smallest absolute Gasteiger partial charge is 0.0438 e. The minimum absolute atomic E-state index is 0.347. The van der Waals surface area contributed by atoms with Gasteiger partial charge in [-0.05, 0) is 48.5 Å². The molecular formula is C15H18ClNS. The van der Waals surface area contributed by atoms with Gasteiger partial charge in [0, 0.05) is 15.9 Å². The van der Waals surface area contributed by atoms with E-state index < -0.39 is 0 Å². The third kappa shape index (κ3) is 3.35. The number of halogens is 1. The Labute approximate surface area is 118 Å². The average molecular weight is 280 g/mol. The van der Waals surface area contributed by atoms with E-state index in [1.807, 2.05) is 18.2 Å². The maximum absolute atomic E-state index is 6.24. The molecule has 1 atom stereocenters. The summed E-state index contributed by atoms with van der Waals surface area (Å²) in [5.41, 5.74) is 2.56. The lowest BCUT2D eigenvalue weighted by atomic mass is 10.0. The van der Waals surface area contributed by atoms with E-state index in [-0.39, 0.29) is 0 Å². The van der Waals surface area contributed by atoms with Crippen molar-refractivity contribution in [1.29, 1.82) is 0 Å². The van der Waals surface area contributed by atoms with Gasteiger partial charge in [-0.3, -0.25) is 0 Å². The van der Waals surface area contributed by atoms with Crippen molar-refractivity contribution in [3.63, 3.8) is 0 Å². The number of thiophene rings is 1. The number of hydrogen-bond acceptors (Lipinski definition) is 2. The van der Waals surface area contributed by atoms with Crippen molar-refractivity contribution >= 4 is 22.9 Å². The zero-order valence-electron chi connectivity index (χ0n) is 10.7. The Bertz CT molecular complexity index is 507. The molecule has 0 radical (unpaired) electrons. The number of likely N-dealkylation sites (N-methyl/N-ethyl adjacent to an activating group) is 1. The van der Waals surface area contributed by atoms with Gasteiger partial charge in [-0.1, -0.05) is 36.7 Å². The van der Waals surface area contributed by atoms with Crippen LogP contribution in [-0.4, -0.2) is 6.54 Å². The van der Waals surface area contributed by atoms with Crippen LogP contribution >= 0.6 is 22.9 Å². The molecule has 0 spiro atoms. The van der Waals surface area contributed by atoms with E-state index in [1.54, 1.807) is 11.3 Å². The summed E-state index contributed by atoms with van der Waals surface area (Å²) in [5, 5.41) is 6.63. The molecule has 0 saturated carbocycles. The molecule has 2 rings (SSSR count). The number of nitrogens with one attached hydrogen (secondary N) is 1. The van der Waals surface area contributed by atoms with Gasteiger partial charge in [0.2, 0.25) is 0 Å². The Morgan fingerprint density at radius 1 is 1.33 bits per heavy atom. The molecule has 0 amide bonds. The van der Waals surface area contributed by atoms with Crippen molar-refractivity contribution in [2.45, 2.75) is 26.3 Å². The van der Waals surface area contributed by atoms with E-state index in [2.05, 4.69) is 36.7 Å². The van der Waals surface area contributed by atoms with Crippen LogP contribution in [0.1, 0.15) is 29.0 Å². The Hall–Kier alpha value is -0.830. The first-order valence-corrected chi connectivity index (χ1v) is 7.48. The van der Waals surface area contributed by atoms with Gasteiger partial charge in [-0.2, -0.15) is 0 Å². The van der Waals surface area contributed by atoms with E-state index >= 15 is 0 Å². The zero-order valence-corrected chi connectivity index (χ0v) is 12.3. The first-order valence-electron chi connectivity index (χ1n) is 6.22. The lowest BCUT2D eigenvalue weighted by Crippen LogP contribution is -2.22. The van der Waals surface area contributed by atoms with Crippen LogP contribution < -0.4 is 5.32 Å². The molecule has 2 aromatic rings. The van der Waals surface area contributed by atoms with Crippen LogP contribution in [0.3, 0.4) is 0 Å². The van der Waals surface area contributed by atoms with Gasteiger partial charge >= 0.3 is 0 Å². The summed E-state index contributed by atoms with van der Waals surface area (Å²) in [5.74, 6) is 0. The summed E-state index contributed by atoms with van der Waals surface area (Å²) in [7, 11) is 0. The van der Waals surface area contributed by atoms with Crippen LogP contribution in [0.5, 0.6) is 0 Å². The Balaban J connectivity index is 2.19. The number of benzene rings is 1. The highest BCUT2D eigenvalue weighted by Crippen LogP contribution is 2.26. The Morgan fingerprint density at radius 3 is 2.72 bits per heavy atom. The molecule has 96 valence electrons. The lowest BCUT2D eigenvalue weighted by Gasteiger charge is -2.17. The topological polar surface area (TPSA) is 12.0 Å². The molecule has 1 nitrogen and oxygen atoms in total. The van der Waals surface area contributed by atoms with Crippen LogP contribution in [0, 0.1) is 6.92 Å². The third-order valence-corrected chi connectivity index (χ3v) is 4.23. The Morgan fingerprint density at radius 2 is 2.11 bits per heavy atom. The standard InChI is InChI=1S/C15H18ClNS/c1-3-17-15(13-8-11(2)18-10-13)9-12-6-4-5-7-14(12)16/h4-8,10,15,17H,3,9H2,1-2H3. The van der Waals surface area contributed by atoms with Crippen LogP contribution in [0.2, 0.25) is 5.02 Å². The van der Waals surface area contributed by atoms with Crippen molar-refractivity contribution in [3.8, 4) is 0 Å². The van der Waals surface area contributed by atoms with Gasteiger partial charge in [-0.15, -0.1) is 11.3 Å². The maximum atomic E-state index is 6.24. The van der Waals surface area contributed by atoms with Crippen LogP contribution in [0.4, 0.5) is 0 Å². The molecule has 0 aliphatic carbocycles. The normalized spacial score (nSPS) is 12.6. The minimum atomic E-state index is 0.347. The highest BCUT2D eigenvalue weighted by Gasteiger charge is 2.13. The second kappa shape index (κ2) is 6.37. The van der Waals surface area contributed by atoms with E-state index in [0.29, 0.717) is 6.04 Å². The predicted octanol–water partition coefficient (Wildman–Crippen LogP) is 4.60. The first-order chi connectivity index (χ1) is 8.70. The predicted molar refractivity (Wildman–Crippen MR) is 80.6 cm³/mol. The molecule has 3 heteroatoms. The Kier molecular flexibility index (Phi) is 4.81. The average Bonchev–Trinajstić information content (AvgIpc) is 2.78.